The molecule has 0 spiro atoms. The van der Waals surface area contributed by atoms with Crippen LogP contribution in [0.4, 0.5) is 0 Å². The van der Waals surface area contributed by atoms with Gasteiger partial charge in [0.15, 0.2) is 9.84 Å². The van der Waals surface area contributed by atoms with E-state index in [1.54, 1.807) is 18.2 Å². The smallest absolute Gasteiger partial charge is 0.177 e. The Morgan fingerprint density at radius 1 is 1.04 bits per heavy atom. The average molecular weight is 384 g/mol. The third-order valence-electron chi connectivity index (χ3n) is 4.99. The molecule has 3 aliphatic rings. The molecule has 1 aliphatic carbocycles. The number of aliphatic imine (C=N–C) groups is 1. The topological polar surface area (TPSA) is 63.6 Å². The van der Waals surface area contributed by atoms with Crippen LogP contribution in [-0.2, 0) is 14.6 Å². The molecular weight excluding hydrogens is 369 g/mol. The van der Waals surface area contributed by atoms with Crippen LogP contribution in [0.5, 0.6) is 0 Å². The molecule has 4 rings (SSSR count). The third kappa shape index (κ3) is 2.45. The molecule has 1 saturated carbocycles. The number of carbonyl (C=O) groups is 1. The summed E-state index contributed by atoms with van der Waals surface area (Å²) in [7, 11) is -3.40. The van der Waals surface area contributed by atoms with Crippen LogP contribution in [0.2, 0.25) is 10.0 Å². The molecule has 2 atom stereocenters. The van der Waals surface area contributed by atoms with Crippen molar-refractivity contribution < 1.29 is 13.2 Å². The lowest BCUT2D eigenvalue weighted by Gasteiger charge is -2.34. The van der Waals surface area contributed by atoms with Gasteiger partial charge in [-0.3, -0.25) is 9.79 Å². The third-order valence-corrected chi connectivity index (χ3v) is 7.63. The van der Waals surface area contributed by atoms with Gasteiger partial charge in [0.1, 0.15) is 5.78 Å². The molecule has 2 aliphatic heterocycles. The Bertz CT molecular complexity index is 918. The fourth-order valence-electron chi connectivity index (χ4n) is 3.95. The predicted molar refractivity (Wildman–Crippen MR) is 94.4 cm³/mol. The molecule has 4 nitrogen and oxygen atoms in total. The summed E-state index contributed by atoms with van der Waals surface area (Å²) >= 11 is 12.1. The lowest BCUT2D eigenvalue weighted by atomic mass is 9.72. The van der Waals surface area contributed by atoms with Crippen LogP contribution < -0.4 is 0 Å². The summed E-state index contributed by atoms with van der Waals surface area (Å²) in [4.78, 5) is 17.5. The first kappa shape index (κ1) is 16.3. The molecule has 1 aromatic rings. The van der Waals surface area contributed by atoms with Crippen LogP contribution >= 0.6 is 23.2 Å². The zero-order chi connectivity index (χ0) is 17.1. The van der Waals surface area contributed by atoms with Crippen LogP contribution in [0.3, 0.4) is 0 Å². The van der Waals surface area contributed by atoms with Crippen molar-refractivity contribution in [3.8, 4) is 0 Å². The van der Waals surface area contributed by atoms with Gasteiger partial charge in [0.05, 0.1) is 32.3 Å². The van der Waals surface area contributed by atoms with Gasteiger partial charge in [0, 0.05) is 24.5 Å². The number of sulfone groups is 1. The Labute approximate surface area is 150 Å². The minimum absolute atomic E-state index is 0.0599. The molecule has 0 aromatic heterocycles. The van der Waals surface area contributed by atoms with Gasteiger partial charge in [-0.1, -0.05) is 29.3 Å². The van der Waals surface area contributed by atoms with Crippen LogP contribution in [0.1, 0.15) is 37.2 Å². The number of halogens is 2. The van der Waals surface area contributed by atoms with Gasteiger partial charge in [0.2, 0.25) is 0 Å². The molecule has 1 fully saturated rings. The van der Waals surface area contributed by atoms with Gasteiger partial charge < -0.3 is 0 Å². The summed E-state index contributed by atoms with van der Waals surface area (Å²) in [5.74, 6) is -0.900. The second-order valence-corrected chi connectivity index (χ2v) is 9.32. The Morgan fingerprint density at radius 3 is 2.58 bits per heavy atom. The SMILES string of the molecule is O=C1CCCC2=NC3=C([C@H](c4ccc(Cl)c(Cl)c4)C12)S(=O)(=O)CC3. The molecule has 2 heterocycles. The Kier molecular flexibility index (Phi) is 3.86. The molecular formula is C17H15Cl2NO3S. The van der Waals surface area contributed by atoms with Crippen LogP contribution in [-0.4, -0.2) is 25.7 Å². The average Bonchev–Trinajstić information content (AvgIpc) is 2.84. The van der Waals surface area contributed by atoms with E-state index in [9.17, 15) is 13.2 Å². The van der Waals surface area contributed by atoms with Gasteiger partial charge in [-0.25, -0.2) is 8.42 Å². The number of ketones is 1. The summed E-state index contributed by atoms with van der Waals surface area (Å²) in [6.45, 7) is 0. The number of hydrogen-bond acceptors (Lipinski definition) is 4. The van der Waals surface area contributed by atoms with Crippen molar-refractivity contribution in [2.45, 2.75) is 31.6 Å². The van der Waals surface area contributed by atoms with Crippen LogP contribution in [0.25, 0.3) is 0 Å². The Balaban J connectivity index is 1.94. The summed E-state index contributed by atoms with van der Waals surface area (Å²) in [5, 5.41) is 0.766. The predicted octanol–water partition coefficient (Wildman–Crippen LogP) is 3.93. The zero-order valence-corrected chi connectivity index (χ0v) is 15.1. The van der Waals surface area contributed by atoms with E-state index in [1.165, 1.54) is 0 Å². The van der Waals surface area contributed by atoms with E-state index in [0.717, 1.165) is 24.1 Å². The molecule has 0 saturated heterocycles. The lowest BCUT2D eigenvalue weighted by Crippen LogP contribution is -2.37. The highest BCUT2D eigenvalue weighted by atomic mass is 35.5. The van der Waals surface area contributed by atoms with Crippen molar-refractivity contribution in [1.29, 1.82) is 0 Å². The molecule has 0 N–H and O–H groups in total. The standard InChI is InChI=1S/C17H15Cl2NO3S/c18-10-5-4-9(8-11(10)19)15-16-12(2-1-3-14(16)21)20-13-6-7-24(22,23)17(13)15/h4-5,8,15-16H,1-3,6-7H2/t15-,16?/m1/s1. The lowest BCUT2D eigenvalue weighted by molar-refractivity contribution is -0.121. The van der Waals surface area contributed by atoms with Crippen molar-refractivity contribution in [2.24, 2.45) is 10.9 Å². The minimum atomic E-state index is -3.40. The first-order valence-electron chi connectivity index (χ1n) is 7.89. The van der Waals surface area contributed by atoms with Gasteiger partial charge >= 0.3 is 0 Å². The number of Topliss-reactive ketones (excluding diaryl/α,β-unsaturated/α-hetero) is 1. The largest absolute Gasteiger partial charge is 0.299 e. The molecule has 0 amide bonds. The number of nitrogens with zero attached hydrogens (tertiary/aromatic N) is 1. The number of hydrogen-bond donors (Lipinski definition) is 0. The fourth-order valence-corrected chi connectivity index (χ4v) is 6.10. The maximum absolute atomic E-state index is 12.6. The Morgan fingerprint density at radius 2 is 1.83 bits per heavy atom. The summed E-state index contributed by atoms with van der Waals surface area (Å²) in [5.41, 5.74) is 2.15. The number of carbonyl (C=O) groups excluding carboxylic acids is 1. The monoisotopic (exact) mass is 383 g/mol. The van der Waals surface area contributed by atoms with E-state index in [2.05, 4.69) is 4.99 Å². The van der Waals surface area contributed by atoms with E-state index in [-0.39, 0.29) is 11.5 Å². The highest BCUT2D eigenvalue weighted by molar-refractivity contribution is 7.95. The normalized spacial score (nSPS) is 28.4. The summed E-state index contributed by atoms with van der Waals surface area (Å²) in [6.07, 6.45) is 2.40. The first-order chi connectivity index (χ1) is 11.4. The van der Waals surface area contributed by atoms with E-state index >= 15 is 0 Å². The van der Waals surface area contributed by atoms with Crippen molar-refractivity contribution in [2.75, 3.05) is 5.75 Å². The maximum Gasteiger partial charge on any atom is 0.177 e. The highest BCUT2D eigenvalue weighted by Gasteiger charge is 2.47. The van der Waals surface area contributed by atoms with Gasteiger partial charge in [0.25, 0.3) is 0 Å². The van der Waals surface area contributed by atoms with Gasteiger partial charge in [-0.05, 0) is 30.5 Å². The quantitative estimate of drug-likeness (QED) is 0.737. The maximum atomic E-state index is 12.6. The molecule has 1 unspecified atom stereocenters. The minimum Gasteiger partial charge on any atom is -0.299 e. The summed E-state index contributed by atoms with van der Waals surface area (Å²) < 4.78 is 25.2. The first-order valence-corrected chi connectivity index (χ1v) is 10.3. The zero-order valence-electron chi connectivity index (χ0n) is 12.8. The number of fused-ring (bicyclic) bond motifs is 1. The summed E-state index contributed by atoms with van der Waals surface area (Å²) in [6, 6.07) is 5.10. The van der Waals surface area contributed by atoms with Crippen LogP contribution in [0.15, 0.2) is 33.8 Å². The fraction of sp³-hybridized carbons (Fsp3) is 0.412. The number of rotatable bonds is 1. The van der Waals surface area contributed by atoms with Gasteiger partial charge in [-0.2, -0.15) is 0 Å². The molecule has 0 bridgehead atoms. The number of benzene rings is 1. The van der Waals surface area contributed by atoms with E-state index < -0.39 is 21.7 Å². The van der Waals surface area contributed by atoms with Crippen LogP contribution in [0, 0.1) is 5.92 Å². The van der Waals surface area contributed by atoms with Crippen molar-refractivity contribution in [3.63, 3.8) is 0 Å². The molecule has 7 heteroatoms. The second kappa shape index (κ2) is 5.68. The van der Waals surface area contributed by atoms with E-state index in [4.69, 9.17) is 23.2 Å². The van der Waals surface area contributed by atoms with Gasteiger partial charge in [-0.15, -0.1) is 0 Å². The molecule has 24 heavy (non-hydrogen) atoms. The Hall–Kier alpha value is -1.17. The van der Waals surface area contributed by atoms with E-state index in [0.29, 0.717) is 33.5 Å². The van der Waals surface area contributed by atoms with Crippen molar-refractivity contribution >= 4 is 44.5 Å². The van der Waals surface area contributed by atoms with Crippen molar-refractivity contribution in [1.82, 2.24) is 0 Å². The molecule has 1 aromatic carbocycles. The second-order valence-electron chi connectivity index (χ2n) is 6.43. The molecule has 0 radical (unpaired) electrons. The highest BCUT2D eigenvalue weighted by Crippen LogP contribution is 2.48. The number of allylic oxidation sites excluding steroid dienone is 2. The molecule has 126 valence electrons. The van der Waals surface area contributed by atoms with E-state index in [1.807, 2.05) is 0 Å². The van der Waals surface area contributed by atoms with Crippen molar-refractivity contribution in [3.05, 3.63) is 44.4 Å².